The first-order valence-electron chi connectivity index (χ1n) is 8.77. The SMILES string of the molecule is CCOc1ccccc1CCC(=O)OCC(=O)NCc1ccccc1C. The maximum absolute atomic E-state index is 11.9. The number of carbonyl (C=O) groups excluding carboxylic acids is 2. The molecule has 138 valence electrons. The predicted molar refractivity (Wildman–Crippen MR) is 99.9 cm³/mol. The summed E-state index contributed by atoms with van der Waals surface area (Å²) in [5.74, 6) is 0.0671. The van der Waals surface area contributed by atoms with Gasteiger partial charge < -0.3 is 14.8 Å². The first-order valence-corrected chi connectivity index (χ1v) is 8.77. The number of aryl methyl sites for hydroxylation is 2. The number of benzene rings is 2. The van der Waals surface area contributed by atoms with Gasteiger partial charge in [0, 0.05) is 13.0 Å². The second-order valence-electron chi connectivity index (χ2n) is 5.90. The van der Waals surface area contributed by atoms with Gasteiger partial charge in [-0.25, -0.2) is 0 Å². The van der Waals surface area contributed by atoms with E-state index in [-0.39, 0.29) is 18.9 Å². The lowest BCUT2D eigenvalue weighted by molar-refractivity contribution is -0.148. The van der Waals surface area contributed by atoms with Gasteiger partial charge in [0.05, 0.1) is 6.61 Å². The molecule has 0 fully saturated rings. The van der Waals surface area contributed by atoms with Crippen molar-refractivity contribution in [2.75, 3.05) is 13.2 Å². The van der Waals surface area contributed by atoms with Crippen molar-refractivity contribution >= 4 is 11.9 Å². The van der Waals surface area contributed by atoms with E-state index in [4.69, 9.17) is 9.47 Å². The molecule has 0 saturated heterocycles. The molecule has 0 aromatic heterocycles. The van der Waals surface area contributed by atoms with Gasteiger partial charge in [-0.05, 0) is 43.0 Å². The normalized spacial score (nSPS) is 10.2. The molecule has 0 radical (unpaired) electrons. The third-order valence-electron chi connectivity index (χ3n) is 3.97. The number of para-hydroxylation sites is 1. The van der Waals surface area contributed by atoms with E-state index in [1.807, 2.05) is 62.4 Å². The Hall–Kier alpha value is -2.82. The van der Waals surface area contributed by atoms with Gasteiger partial charge in [-0.2, -0.15) is 0 Å². The first-order chi connectivity index (χ1) is 12.6. The van der Waals surface area contributed by atoms with E-state index in [2.05, 4.69) is 5.32 Å². The molecule has 0 aliphatic rings. The van der Waals surface area contributed by atoms with Crippen LogP contribution in [0, 0.1) is 6.92 Å². The fraction of sp³-hybridized carbons (Fsp3) is 0.333. The average molecular weight is 355 g/mol. The fourth-order valence-electron chi connectivity index (χ4n) is 2.51. The third kappa shape index (κ3) is 6.24. The van der Waals surface area contributed by atoms with Crippen LogP contribution in [0.25, 0.3) is 0 Å². The Morgan fingerprint density at radius 2 is 1.69 bits per heavy atom. The monoisotopic (exact) mass is 355 g/mol. The van der Waals surface area contributed by atoms with Crippen LogP contribution in [0.15, 0.2) is 48.5 Å². The average Bonchev–Trinajstić information content (AvgIpc) is 2.65. The van der Waals surface area contributed by atoms with Crippen molar-refractivity contribution in [2.24, 2.45) is 0 Å². The molecule has 1 amide bonds. The highest BCUT2D eigenvalue weighted by molar-refractivity contribution is 5.80. The number of hydrogen-bond donors (Lipinski definition) is 1. The largest absolute Gasteiger partial charge is 0.494 e. The minimum Gasteiger partial charge on any atom is -0.494 e. The van der Waals surface area contributed by atoms with Crippen molar-refractivity contribution < 1.29 is 19.1 Å². The van der Waals surface area contributed by atoms with Gasteiger partial charge in [0.25, 0.3) is 5.91 Å². The summed E-state index contributed by atoms with van der Waals surface area (Å²) in [5.41, 5.74) is 3.10. The quantitative estimate of drug-likeness (QED) is 0.702. The number of hydrogen-bond acceptors (Lipinski definition) is 4. The summed E-state index contributed by atoms with van der Waals surface area (Å²) in [4.78, 5) is 23.7. The van der Waals surface area contributed by atoms with Crippen molar-refractivity contribution in [3.05, 3.63) is 65.2 Å². The Morgan fingerprint density at radius 1 is 1.00 bits per heavy atom. The lowest BCUT2D eigenvalue weighted by Crippen LogP contribution is -2.28. The molecule has 5 heteroatoms. The van der Waals surface area contributed by atoms with Gasteiger partial charge in [-0.1, -0.05) is 42.5 Å². The van der Waals surface area contributed by atoms with Crippen LogP contribution in [0.1, 0.15) is 30.0 Å². The van der Waals surface area contributed by atoms with Crippen LogP contribution >= 0.6 is 0 Å². The Morgan fingerprint density at radius 3 is 2.42 bits per heavy atom. The molecule has 0 aliphatic heterocycles. The zero-order valence-corrected chi connectivity index (χ0v) is 15.3. The second kappa shape index (κ2) is 10.2. The third-order valence-corrected chi connectivity index (χ3v) is 3.97. The van der Waals surface area contributed by atoms with E-state index < -0.39 is 5.97 Å². The molecule has 1 N–H and O–H groups in total. The highest BCUT2D eigenvalue weighted by atomic mass is 16.5. The minimum atomic E-state index is -0.401. The van der Waals surface area contributed by atoms with E-state index in [1.54, 1.807) is 0 Å². The van der Waals surface area contributed by atoms with E-state index in [9.17, 15) is 9.59 Å². The Labute approximate surface area is 154 Å². The van der Waals surface area contributed by atoms with Gasteiger partial charge in [0.15, 0.2) is 6.61 Å². The number of rotatable bonds is 9. The molecule has 0 unspecified atom stereocenters. The van der Waals surface area contributed by atoms with Crippen LogP contribution in [0.4, 0.5) is 0 Å². The van der Waals surface area contributed by atoms with Gasteiger partial charge >= 0.3 is 5.97 Å². The standard InChI is InChI=1S/C21H25NO4/c1-3-25-19-11-7-6-9-17(19)12-13-21(24)26-15-20(23)22-14-18-10-5-4-8-16(18)2/h4-11H,3,12-15H2,1-2H3,(H,22,23). The maximum Gasteiger partial charge on any atom is 0.306 e. The summed E-state index contributed by atoms with van der Waals surface area (Å²) in [6.45, 7) is 4.63. The van der Waals surface area contributed by atoms with E-state index in [1.165, 1.54) is 0 Å². The second-order valence-corrected chi connectivity index (χ2v) is 5.90. The topological polar surface area (TPSA) is 64.6 Å². The molecule has 0 aliphatic carbocycles. The molecule has 2 aromatic carbocycles. The summed E-state index contributed by atoms with van der Waals surface area (Å²) in [5, 5.41) is 2.76. The number of amides is 1. The predicted octanol–water partition coefficient (Wildman–Crippen LogP) is 3.19. The zero-order valence-electron chi connectivity index (χ0n) is 15.3. The van der Waals surface area contributed by atoms with Crippen molar-refractivity contribution in [3.8, 4) is 5.75 Å². The summed E-state index contributed by atoms with van der Waals surface area (Å²) in [7, 11) is 0. The van der Waals surface area contributed by atoms with Gasteiger partial charge in [-0.15, -0.1) is 0 Å². The van der Waals surface area contributed by atoms with Crippen molar-refractivity contribution in [1.82, 2.24) is 5.32 Å². The summed E-state index contributed by atoms with van der Waals surface area (Å²) < 4.78 is 10.6. The van der Waals surface area contributed by atoms with Crippen LogP contribution in [0.5, 0.6) is 5.75 Å². The van der Waals surface area contributed by atoms with Crippen LogP contribution in [-0.4, -0.2) is 25.1 Å². The van der Waals surface area contributed by atoms with E-state index >= 15 is 0 Å². The van der Waals surface area contributed by atoms with Crippen LogP contribution in [-0.2, 0) is 27.3 Å². The van der Waals surface area contributed by atoms with E-state index in [0.717, 1.165) is 22.4 Å². The van der Waals surface area contributed by atoms with Crippen molar-refractivity contribution in [1.29, 1.82) is 0 Å². The molecule has 5 nitrogen and oxygen atoms in total. The molecule has 0 saturated carbocycles. The highest BCUT2D eigenvalue weighted by Crippen LogP contribution is 2.19. The van der Waals surface area contributed by atoms with Gasteiger partial charge in [0.2, 0.25) is 0 Å². The lowest BCUT2D eigenvalue weighted by Gasteiger charge is -2.10. The Bertz CT molecular complexity index is 742. The fourth-order valence-corrected chi connectivity index (χ4v) is 2.51. The summed E-state index contributed by atoms with van der Waals surface area (Å²) >= 11 is 0. The Kier molecular flexibility index (Phi) is 7.68. The minimum absolute atomic E-state index is 0.204. The molecule has 2 aromatic rings. The van der Waals surface area contributed by atoms with Gasteiger partial charge in [0.1, 0.15) is 5.75 Å². The number of esters is 1. The molecule has 0 bridgehead atoms. The molecule has 26 heavy (non-hydrogen) atoms. The number of ether oxygens (including phenoxy) is 2. The smallest absolute Gasteiger partial charge is 0.306 e. The molecule has 0 spiro atoms. The first kappa shape index (κ1) is 19.5. The zero-order chi connectivity index (χ0) is 18.8. The van der Waals surface area contributed by atoms with E-state index in [0.29, 0.717) is 19.6 Å². The number of nitrogens with one attached hydrogen (secondary N) is 1. The van der Waals surface area contributed by atoms with Crippen LogP contribution in [0.2, 0.25) is 0 Å². The molecular formula is C21H25NO4. The maximum atomic E-state index is 11.9. The van der Waals surface area contributed by atoms with Crippen molar-refractivity contribution in [3.63, 3.8) is 0 Å². The Balaban J connectivity index is 1.71. The summed E-state index contributed by atoms with van der Waals surface area (Å²) in [6, 6.07) is 15.4. The lowest BCUT2D eigenvalue weighted by atomic mass is 10.1. The number of carbonyl (C=O) groups is 2. The summed E-state index contributed by atoms with van der Waals surface area (Å²) in [6.07, 6.45) is 0.717. The van der Waals surface area contributed by atoms with Crippen LogP contribution < -0.4 is 10.1 Å². The molecular weight excluding hydrogens is 330 g/mol. The van der Waals surface area contributed by atoms with Crippen molar-refractivity contribution in [2.45, 2.75) is 33.2 Å². The highest BCUT2D eigenvalue weighted by Gasteiger charge is 2.10. The molecule has 2 rings (SSSR count). The van der Waals surface area contributed by atoms with Gasteiger partial charge in [-0.3, -0.25) is 9.59 Å². The molecule has 0 heterocycles. The molecule has 0 atom stereocenters. The van der Waals surface area contributed by atoms with Crippen LogP contribution in [0.3, 0.4) is 0 Å².